The largest absolute Gasteiger partial charge is 0.463 e. The molecular formula is C21H16N6O4S. The molecule has 0 radical (unpaired) electrons. The zero-order valence-electron chi connectivity index (χ0n) is 16.9. The molecule has 0 aliphatic carbocycles. The number of anilines is 1. The van der Waals surface area contributed by atoms with Gasteiger partial charge in [-0.05, 0) is 37.4 Å². The third-order valence-electron chi connectivity index (χ3n) is 4.81. The Labute approximate surface area is 184 Å². The molecule has 0 aliphatic heterocycles. The van der Waals surface area contributed by atoms with Crippen molar-refractivity contribution in [3.63, 3.8) is 0 Å². The van der Waals surface area contributed by atoms with Gasteiger partial charge in [-0.3, -0.25) is 14.6 Å². The second-order valence-electron chi connectivity index (χ2n) is 6.91. The van der Waals surface area contributed by atoms with Gasteiger partial charge in [0.05, 0.1) is 11.1 Å². The molecule has 5 heterocycles. The summed E-state index contributed by atoms with van der Waals surface area (Å²) in [6.07, 6.45) is 1.52. The van der Waals surface area contributed by atoms with Crippen LogP contribution in [0, 0.1) is 13.8 Å². The SMILES string of the molecule is Cc1nc(-n2nc(-c3ccco3)cc2NC(=O)c2cc(-c3cccs3)on2)[nH]c(=O)c1C. The molecule has 0 spiro atoms. The van der Waals surface area contributed by atoms with Crippen LogP contribution in [-0.2, 0) is 0 Å². The molecule has 0 saturated carbocycles. The van der Waals surface area contributed by atoms with Gasteiger partial charge in [0.2, 0.25) is 5.95 Å². The third-order valence-corrected chi connectivity index (χ3v) is 5.70. The second kappa shape index (κ2) is 7.78. The highest BCUT2D eigenvalue weighted by Crippen LogP contribution is 2.27. The standard InChI is InChI=1S/C21H16N6O4S/c1-11-12(2)22-21(24-19(11)28)27-18(10-13(25-27)15-5-3-7-30-15)23-20(29)14-9-16(31-26-14)17-6-4-8-32-17/h3-10H,1-2H3,(H,23,29)(H,22,24,28). The average Bonchev–Trinajstić information content (AvgIpc) is 3.57. The van der Waals surface area contributed by atoms with Crippen molar-refractivity contribution in [1.29, 1.82) is 0 Å². The van der Waals surface area contributed by atoms with Crippen LogP contribution in [0.2, 0.25) is 0 Å². The smallest absolute Gasteiger partial charge is 0.279 e. The molecule has 32 heavy (non-hydrogen) atoms. The van der Waals surface area contributed by atoms with Crippen LogP contribution in [0.4, 0.5) is 5.82 Å². The summed E-state index contributed by atoms with van der Waals surface area (Å²) < 4.78 is 12.0. The second-order valence-corrected chi connectivity index (χ2v) is 7.86. The first-order chi connectivity index (χ1) is 15.5. The number of hydrogen-bond acceptors (Lipinski definition) is 8. The molecular weight excluding hydrogens is 432 g/mol. The average molecular weight is 448 g/mol. The Morgan fingerprint density at radius 3 is 2.78 bits per heavy atom. The Hall–Kier alpha value is -4.25. The number of furan rings is 1. The molecule has 0 aromatic carbocycles. The fraction of sp³-hybridized carbons (Fsp3) is 0.0952. The van der Waals surface area contributed by atoms with Gasteiger partial charge in [-0.1, -0.05) is 11.2 Å². The number of nitrogens with one attached hydrogen (secondary N) is 2. The van der Waals surface area contributed by atoms with Gasteiger partial charge in [0.1, 0.15) is 11.5 Å². The van der Waals surface area contributed by atoms with Gasteiger partial charge < -0.3 is 14.3 Å². The van der Waals surface area contributed by atoms with Crippen LogP contribution in [0.3, 0.4) is 0 Å². The van der Waals surface area contributed by atoms with E-state index in [-0.39, 0.29) is 23.0 Å². The van der Waals surface area contributed by atoms with E-state index in [2.05, 4.69) is 25.5 Å². The van der Waals surface area contributed by atoms with Crippen molar-refractivity contribution in [1.82, 2.24) is 24.9 Å². The van der Waals surface area contributed by atoms with Crippen LogP contribution in [0.5, 0.6) is 0 Å². The first-order valence-electron chi connectivity index (χ1n) is 9.53. The number of thiophene rings is 1. The molecule has 160 valence electrons. The van der Waals surface area contributed by atoms with Crippen LogP contribution in [0.15, 0.2) is 61.8 Å². The lowest BCUT2D eigenvalue weighted by Gasteiger charge is -2.08. The Morgan fingerprint density at radius 2 is 2.06 bits per heavy atom. The van der Waals surface area contributed by atoms with E-state index in [0.717, 1.165) is 4.88 Å². The minimum absolute atomic E-state index is 0.0993. The number of H-pyrrole nitrogens is 1. The Morgan fingerprint density at radius 1 is 1.19 bits per heavy atom. The van der Waals surface area contributed by atoms with Crippen molar-refractivity contribution < 1.29 is 13.7 Å². The summed E-state index contributed by atoms with van der Waals surface area (Å²) >= 11 is 1.48. The summed E-state index contributed by atoms with van der Waals surface area (Å²) in [7, 11) is 0. The van der Waals surface area contributed by atoms with Gasteiger partial charge in [-0.2, -0.15) is 9.78 Å². The lowest BCUT2D eigenvalue weighted by molar-refractivity contribution is 0.101. The molecule has 5 aromatic rings. The summed E-state index contributed by atoms with van der Waals surface area (Å²) in [4.78, 5) is 33.1. The Kier molecular flexibility index (Phi) is 4.79. The van der Waals surface area contributed by atoms with E-state index >= 15 is 0 Å². The number of hydrogen-bond donors (Lipinski definition) is 2. The maximum atomic E-state index is 12.9. The van der Waals surface area contributed by atoms with Gasteiger partial charge in [-0.25, -0.2) is 4.98 Å². The predicted molar refractivity (Wildman–Crippen MR) is 117 cm³/mol. The fourth-order valence-corrected chi connectivity index (χ4v) is 3.68. The van der Waals surface area contributed by atoms with Crippen molar-refractivity contribution in [2.75, 3.05) is 5.32 Å². The molecule has 1 amide bonds. The highest BCUT2D eigenvalue weighted by atomic mass is 32.1. The van der Waals surface area contributed by atoms with Crippen molar-refractivity contribution in [2.45, 2.75) is 13.8 Å². The number of carbonyl (C=O) groups excluding carboxylic acids is 1. The van der Waals surface area contributed by atoms with E-state index in [0.29, 0.717) is 28.5 Å². The predicted octanol–water partition coefficient (Wildman–Crippen LogP) is 3.80. The number of aryl methyl sites for hydroxylation is 1. The quantitative estimate of drug-likeness (QED) is 0.418. The number of aromatic nitrogens is 5. The molecule has 11 heteroatoms. The topological polar surface area (TPSA) is 132 Å². The molecule has 2 N–H and O–H groups in total. The van der Waals surface area contributed by atoms with Gasteiger partial charge in [0.25, 0.3) is 11.5 Å². The number of amides is 1. The van der Waals surface area contributed by atoms with Crippen molar-refractivity contribution >= 4 is 23.1 Å². The number of carbonyl (C=O) groups is 1. The van der Waals surface area contributed by atoms with Gasteiger partial charge >= 0.3 is 0 Å². The lowest BCUT2D eigenvalue weighted by atomic mass is 10.3. The summed E-state index contributed by atoms with van der Waals surface area (Å²) in [5, 5.41) is 13.0. The molecule has 5 aromatic heterocycles. The molecule has 10 nitrogen and oxygen atoms in total. The molecule has 0 fully saturated rings. The van der Waals surface area contributed by atoms with Crippen LogP contribution < -0.4 is 10.9 Å². The first-order valence-corrected chi connectivity index (χ1v) is 10.4. The van der Waals surface area contributed by atoms with Crippen LogP contribution in [0.25, 0.3) is 28.0 Å². The Balaban J connectivity index is 1.53. The number of nitrogens with zero attached hydrogens (tertiary/aromatic N) is 4. The molecule has 0 aliphatic rings. The van der Waals surface area contributed by atoms with Crippen molar-refractivity contribution in [2.24, 2.45) is 0 Å². The summed E-state index contributed by atoms with van der Waals surface area (Å²) in [5.41, 5.74) is 1.30. The van der Waals surface area contributed by atoms with Gasteiger partial charge in [0, 0.05) is 23.4 Å². The van der Waals surface area contributed by atoms with E-state index in [1.54, 1.807) is 38.1 Å². The van der Waals surface area contributed by atoms with Crippen LogP contribution in [0.1, 0.15) is 21.7 Å². The normalized spacial score (nSPS) is 11.1. The summed E-state index contributed by atoms with van der Waals surface area (Å²) in [6, 6.07) is 10.4. The van der Waals surface area contributed by atoms with Gasteiger partial charge in [-0.15, -0.1) is 11.3 Å². The third kappa shape index (κ3) is 3.54. The highest BCUT2D eigenvalue weighted by Gasteiger charge is 2.20. The molecule has 0 unspecified atom stereocenters. The minimum atomic E-state index is -0.505. The Bertz CT molecular complexity index is 1460. The first kappa shape index (κ1) is 19.7. The van der Waals surface area contributed by atoms with Gasteiger partial charge in [0.15, 0.2) is 17.2 Å². The van der Waals surface area contributed by atoms with E-state index in [9.17, 15) is 9.59 Å². The zero-order chi connectivity index (χ0) is 22.2. The molecule has 0 bridgehead atoms. The molecule has 0 saturated heterocycles. The summed E-state index contributed by atoms with van der Waals surface area (Å²) in [5.74, 6) is 0.913. The van der Waals surface area contributed by atoms with Crippen LogP contribution in [-0.4, -0.2) is 30.8 Å². The highest BCUT2D eigenvalue weighted by molar-refractivity contribution is 7.13. The fourth-order valence-electron chi connectivity index (χ4n) is 3.00. The lowest BCUT2D eigenvalue weighted by Crippen LogP contribution is -2.21. The van der Waals surface area contributed by atoms with E-state index < -0.39 is 5.91 Å². The van der Waals surface area contributed by atoms with E-state index in [4.69, 9.17) is 8.94 Å². The number of rotatable bonds is 5. The minimum Gasteiger partial charge on any atom is -0.463 e. The number of aromatic amines is 1. The maximum absolute atomic E-state index is 12.9. The van der Waals surface area contributed by atoms with E-state index in [1.807, 2.05) is 17.5 Å². The van der Waals surface area contributed by atoms with E-state index in [1.165, 1.54) is 22.3 Å². The zero-order valence-corrected chi connectivity index (χ0v) is 17.8. The monoisotopic (exact) mass is 448 g/mol. The van der Waals surface area contributed by atoms with Crippen molar-refractivity contribution in [3.05, 3.63) is 75.3 Å². The molecule has 5 rings (SSSR count). The maximum Gasteiger partial charge on any atom is 0.279 e. The van der Waals surface area contributed by atoms with Crippen molar-refractivity contribution in [3.8, 4) is 28.0 Å². The molecule has 0 atom stereocenters. The summed E-state index contributed by atoms with van der Waals surface area (Å²) in [6.45, 7) is 3.41. The van der Waals surface area contributed by atoms with Crippen LogP contribution >= 0.6 is 11.3 Å².